The summed E-state index contributed by atoms with van der Waals surface area (Å²) in [7, 11) is -7.72. The highest BCUT2D eigenvalue weighted by atomic mass is 32.2. The van der Waals surface area contributed by atoms with Gasteiger partial charge in [-0.3, -0.25) is 0 Å². The van der Waals surface area contributed by atoms with Gasteiger partial charge in [0.2, 0.25) is 10.0 Å². The quantitative estimate of drug-likeness (QED) is 0.596. The third-order valence-electron chi connectivity index (χ3n) is 5.22. The molecule has 0 saturated carbocycles. The number of rotatable bonds is 5. The zero-order valence-corrected chi connectivity index (χ0v) is 20.4. The second kappa shape index (κ2) is 7.76. The van der Waals surface area contributed by atoms with Gasteiger partial charge in [0.15, 0.2) is 0 Å². The third-order valence-corrected chi connectivity index (χ3v) is 9.13. The van der Waals surface area contributed by atoms with Gasteiger partial charge in [-0.05, 0) is 50.5 Å². The summed E-state index contributed by atoms with van der Waals surface area (Å²) in [6, 6.07) is 16.3. The van der Waals surface area contributed by atoms with E-state index in [0.29, 0.717) is 11.2 Å². The van der Waals surface area contributed by atoms with Crippen LogP contribution in [0.4, 0.5) is 0 Å². The van der Waals surface area contributed by atoms with Crippen LogP contribution < -0.4 is 4.72 Å². The predicted octanol–water partition coefficient (Wildman–Crippen LogP) is 4.68. The molecule has 1 atom stereocenters. The van der Waals surface area contributed by atoms with Gasteiger partial charge in [0.05, 0.1) is 26.9 Å². The topological polar surface area (TPSA) is 85.2 Å². The molecule has 6 nitrogen and oxygen atoms in total. The average Bonchev–Trinajstić information content (AvgIpc) is 3.05. The average molecular weight is 463 g/mol. The molecule has 3 rings (SSSR count). The fraction of sp³-hybridized carbons (Fsp3) is 0.391. The molecule has 1 heterocycles. The van der Waals surface area contributed by atoms with Crippen LogP contribution in [-0.2, 0) is 20.0 Å². The molecular weight excluding hydrogens is 432 g/mol. The lowest BCUT2D eigenvalue weighted by atomic mass is 9.85. The van der Waals surface area contributed by atoms with Crippen molar-refractivity contribution >= 4 is 30.9 Å². The fourth-order valence-electron chi connectivity index (χ4n) is 3.33. The normalized spacial score (nSPS) is 14.6. The van der Waals surface area contributed by atoms with Gasteiger partial charge in [0, 0.05) is 5.39 Å². The molecule has 0 bridgehead atoms. The Bertz CT molecular complexity index is 1300. The fourth-order valence-corrected chi connectivity index (χ4v) is 6.04. The molecule has 0 aliphatic heterocycles. The van der Waals surface area contributed by atoms with Crippen LogP contribution in [0.5, 0.6) is 0 Å². The molecule has 0 unspecified atom stereocenters. The molecule has 1 aromatic heterocycles. The summed E-state index contributed by atoms with van der Waals surface area (Å²) in [5, 5.41) is 0.723. The summed E-state index contributed by atoms with van der Waals surface area (Å²) in [4.78, 5) is 0.143. The summed E-state index contributed by atoms with van der Waals surface area (Å²) in [6.45, 7) is 10.5. The van der Waals surface area contributed by atoms with Gasteiger partial charge in [-0.2, -0.15) is 0 Å². The standard InChI is InChI=1S/C23H30N2O4S2/c1-22(2,3)21(24-31(28,29)23(4,5)6)20-16-17-12-10-11-15-19(17)25(20)30(26,27)18-13-8-7-9-14-18/h7-16,21,24H,1-6H3/t21-/m1/s1. The Morgan fingerprint density at radius 3 is 1.90 bits per heavy atom. The van der Waals surface area contributed by atoms with E-state index < -0.39 is 36.3 Å². The Kier molecular flexibility index (Phi) is 5.88. The van der Waals surface area contributed by atoms with E-state index in [4.69, 9.17) is 0 Å². The van der Waals surface area contributed by atoms with Crippen molar-refractivity contribution in [2.45, 2.75) is 57.2 Å². The van der Waals surface area contributed by atoms with Crippen molar-refractivity contribution in [1.82, 2.24) is 8.69 Å². The maximum Gasteiger partial charge on any atom is 0.268 e. The molecule has 31 heavy (non-hydrogen) atoms. The van der Waals surface area contributed by atoms with Crippen LogP contribution in [0.2, 0.25) is 0 Å². The molecule has 0 fully saturated rings. The molecule has 0 amide bonds. The molecule has 8 heteroatoms. The summed E-state index contributed by atoms with van der Waals surface area (Å²) in [5.41, 5.74) is 0.285. The smallest absolute Gasteiger partial charge is 0.236 e. The van der Waals surface area contributed by atoms with Crippen molar-refractivity contribution < 1.29 is 16.8 Å². The van der Waals surface area contributed by atoms with Gasteiger partial charge < -0.3 is 0 Å². The largest absolute Gasteiger partial charge is 0.268 e. The number of para-hydroxylation sites is 1. The van der Waals surface area contributed by atoms with E-state index in [1.165, 1.54) is 3.97 Å². The maximum absolute atomic E-state index is 13.7. The number of hydrogen-bond acceptors (Lipinski definition) is 4. The van der Waals surface area contributed by atoms with Crippen LogP contribution in [0, 0.1) is 5.41 Å². The molecule has 0 saturated heterocycles. The van der Waals surface area contributed by atoms with Gasteiger partial charge in [-0.15, -0.1) is 0 Å². The summed E-state index contributed by atoms with van der Waals surface area (Å²) >= 11 is 0. The zero-order chi connectivity index (χ0) is 23.2. The number of benzene rings is 2. The van der Waals surface area contributed by atoms with Crippen LogP contribution in [0.15, 0.2) is 65.6 Å². The summed E-state index contributed by atoms with van der Waals surface area (Å²) < 4.78 is 56.6. The SMILES string of the molecule is CC(C)(C)[C@H](NS(=O)(=O)C(C)(C)C)c1cc2ccccc2n1S(=O)(=O)c1ccccc1. The Balaban J connectivity index is 2.34. The Labute approximate surface area is 185 Å². The Morgan fingerprint density at radius 1 is 0.806 bits per heavy atom. The van der Waals surface area contributed by atoms with Gasteiger partial charge in [-0.25, -0.2) is 25.5 Å². The van der Waals surface area contributed by atoms with Crippen LogP contribution in [0.25, 0.3) is 10.9 Å². The minimum atomic E-state index is -3.97. The molecule has 3 aromatic rings. The lowest BCUT2D eigenvalue weighted by molar-refractivity contribution is 0.296. The third kappa shape index (κ3) is 4.42. The zero-order valence-electron chi connectivity index (χ0n) is 18.7. The van der Waals surface area contributed by atoms with E-state index in [2.05, 4.69) is 4.72 Å². The first-order valence-corrected chi connectivity index (χ1v) is 13.0. The second-order valence-corrected chi connectivity index (χ2v) is 14.0. The van der Waals surface area contributed by atoms with E-state index in [0.717, 1.165) is 5.39 Å². The molecular formula is C23H30N2O4S2. The molecule has 0 spiro atoms. The highest BCUT2D eigenvalue weighted by Crippen LogP contribution is 2.39. The van der Waals surface area contributed by atoms with Crippen molar-refractivity contribution in [2.24, 2.45) is 5.41 Å². The molecule has 0 aliphatic carbocycles. The number of sulfonamides is 1. The van der Waals surface area contributed by atoms with Gasteiger partial charge in [0.25, 0.3) is 10.0 Å². The highest BCUT2D eigenvalue weighted by Gasteiger charge is 2.39. The van der Waals surface area contributed by atoms with Gasteiger partial charge in [0.1, 0.15) is 0 Å². The van der Waals surface area contributed by atoms with Crippen LogP contribution in [-0.4, -0.2) is 25.6 Å². The van der Waals surface area contributed by atoms with Crippen molar-refractivity contribution in [1.29, 1.82) is 0 Å². The second-order valence-electron chi connectivity index (χ2n) is 9.74. The number of nitrogens with zero attached hydrogens (tertiary/aromatic N) is 1. The Hall–Kier alpha value is -2.16. The van der Waals surface area contributed by atoms with E-state index in [1.54, 1.807) is 69.3 Å². The predicted molar refractivity (Wildman–Crippen MR) is 125 cm³/mol. The number of hydrogen-bond donors (Lipinski definition) is 1. The first-order chi connectivity index (χ1) is 14.2. The lowest BCUT2D eigenvalue weighted by Crippen LogP contribution is -2.45. The monoisotopic (exact) mass is 462 g/mol. The van der Waals surface area contributed by atoms with E-state index in [-0.39, 0.29) is 4.90 Å². The van der Waals surface area contributed by atoms with Crippen molar-refractivity contribution in [3.63, 3.8) is 0 Å². The Morgan fingerprint density at radius 2 is 1.35 bits per heavy atom. The minimum Gasteiger partial charge on any atom is -0.236 e. The van der Waals surface area contributed by atoms with Gasteiger partial charge in [-0.1, -0.05) is 57.2 Å². The van der Waals surface area contributed by atoms with Gasteiger partial charge >= 0.3 is 0 Å². The minimum absolute atomic E-state index is 0.143. The first kappa shape index (κ1) is 23.5. The number of fused-ring (bicyclic) bond motifs is 1. The highest BCUT2D eigenvalue weighted by molar-refractivity contribution is 7.91. The van der Waals surface area contributed by atoms with E-state index >= 15 is 0 Å². The summed E-state index contributed by atoms with van der Waals surface area (Å²) in [5.74, 6) is 0. The molecule has 0 radical (unpaired) electrons. The van der Waals surface area contributed by atoms with E-state index in [9.17, 15) is 16.8 Å². The first-order valence-electron chi connectivity index (χ1n) is 10.1. The van der Waals surface area contributed by atoms with Crippen LogP contribution in [0.1, 0.15) is 53.3 Å². The molecule has 1 N–H and O–H groups in total. The number of aromatic nitrogens is 1. The maximum atomic E-state index is 13.7. The number of nitrogens with one attached hydrogen (secondary N) is 1. The van der Waals surface area contributed by atoms with Crippen molar-refractivity contribution in [3.8, 4) is 0 Å². The van der Waals surface area contributed by atoms with Crippen LogP contribution in [0.3, 0.4) is 0 Å². The van der Waals surface area contributed by atoms with Crippen molar-refractivity contribution in [2.75, 3.05) is 0 Å². The molecule has 2 aromatic carbocycles. The molecule has 168 valence electrons. The summed E-state index contributed by atoms with van der Waals surface area (Å²) in [6.07, 6.45) is 0. The van der Waals surface area contributed by atoms with Crippen LogP contribution >= 0.6 is 0 Å². The lowest BCUT2D eigenvalue weighted by Gasteiger charge is -2.34. The van der Waals surface area contributed by atoms with E-state index in [1.807, 2.05) is 32.9 Å². The molecule has 0 aliphatic rings. The van der Waals surface area contributed by atoms with Crippen molar-refractivity contribution in [3.05, 3.63) is 66.4 Å².